The van der Waals surface area contributed by atoms with E-state index in [9.17, 15) is 4.79 Å². The fraction of sp³-hybridized carbons (Fsp3) is 0.553. The van der Waals surface area contributed by atoms with Gasteiger partial charge in [-0.05, 0) is 70.1 Å². The minimum atomic E-state index is -1.51. The number of fused-ring (bicyclic) bond motifs is 4. The number of thiophene rings is 4. The summed E-state index contributed by atoms with van der Waals surface area (Å²) < 4.78 is 15.8. The molecule has 4 aromatic heterocycles. The van der Waals surface area contributed by atoms with Crippen molar-refractivity contribution in [2.24, 2.45) is 0 Å². The van der Waals surface area contributed by atoms with Crippen LogP contribution < -0.4 is 9.00 Å². The van der Waals surface area contributed by atoms with E-state index < -0.39 is 21.9 Å². The highest BCUT2D eigenvalue weighted by molar-refractivity contribution is 7.33. The monoisotopic (exact) mass is 740 g/mol. The van der Waals surface area contributed by atoms with Crippen LogP contribution >= 0.6 is 45.3 Å². The molecule has 1 saturated heterocycles. The van der Waals surface area contributed by atoms with Gasteiger partial charge >= 0.3 is 0 Å². The van der Waals surface area contributed by atoms with E-state index in [2.05, 4.69) is 77.4 Å². The van der Waals surface area contributed by atoms with E-state index in [0.717, 1.165) is 33.7 Å². The zero-order chi connectivity index (χ0) is 33.6. The van der Waals surface area contributed by atoms with Crippen molar-refractivity contribution in [3.8, 4) is 29.3 Å². The molecule has 47 heavy (non-hydrogen) atoms. The van der Waals surface area contributed by atoms with E-state index in [1.54, 1.807) is 25.9 Å². The zero-order valence-corrected chi connectivity index (χ0v) is 34.9. The average molecular weight is 741 g/mol. The van der Waals surface area contributed by atoms with Crippen molar-refractivity contribution in [1.82, 2.24) is 0 Å². The van der Waals surface area contributed by atoms with Crippen LogP contribution in [0.25, 0.3) is 29.3 Å². The quantitative estimate of drug-likeness (QED) is 0.0954. The Morgan fingerprint density at radius 3 is 1.57 bits per heavy atom. The van der Waals surface area contributed by atoms with E-state index in [1.165, 1.54) is 76.4 Å². The third kappa shape index (κ3) is 7.07. The first-order chi connectivity index (χ1) is 22.4. The lowest BCUT2D eigenvalue weighted by atomic mass is 9.89. The third-order valence-corrected chi connectivity index (χ3v) is 21.8. The molecule has 0 unspecified atom stereocenters. The van der Waals surface area contributed by atoms with E-state index >= 15 is 0 Å². The van der Waals surface area contributed by atoms with E-state index in [0.29, 0.717) is 13.2 Å². The van der Waals surface area contributed by atoms with Gasteiger partial charge in [0.2, 0.25) is 5.78 Å². The van der Waals surface area contributed by atoms with Gasteiger partial charge in [0.05, 0.1) is 39.1 Å². The van der Waals surface area contributed by atoms with Gasteiger partial charge in [-0.2, -0.15) is 0 Å². The number of hydrogen-bond donors (Lipinski definition) is 0. The average Bonchev–Trinajstić information content (AvgIpc) is 3.84. The molecule has 3 nitrogen and oxygen atoms in total. The summed E-state index contributed by atoms with van der Waals surface area (Å²) in [6, 6.07) is 9.31. The molecule has 0 aromatic carbocycles. The number of ketones is 1. The molecule has 2 aliphatic rings. The van der Waals surface area contributed by atoms with Gasteiger partial charge in [0.25, 0.3) is 5.79 Å². The standard InChI is InChI=1S/C38H52O3S4Si2/c1-9-11-13-15-17-25-21-29(44-36(25)46(3,4)5)31-23-27-33(42-31)34-28(38(35(27)39)40-19-20-41-38)24-32(43-34)30-22-26(18-16-14-12-10-2)37(45-30)47(6,7)8/h21-24H,9-20H2,1-8H3. The SMILES string of the molecule is CCCCCCc1cc(-c2cc3c(s2)-c2sc(-c4cc(CCCCCC)c([Si](C)(C)C)s4)cc2C2(OCCO2)C3=O)sc1[Si](C)(C)C. The van der Waals surface area contributed by atoms with Crippen LogP contribution in [0.2, 0.25) is 39.3 Å². The van der Waals surface area contributed by atoms with Gasteiger partial charge in [-0.15, -0.1) is 45.3 Å². The predicted molar refractivity (Wildman–Crippen MR) is 214 cm³/mol. The van der Waals surface area contributed by atoms with Crippen LogP contribution in [0, 0.1) is 0 Å². The Bertz CT molecular complexity index is 1720. The maximum atomic E-state index is 14.4. The summed E-state index contributed by atoms with van der Waals surface area (Å²) >= 11 is 7.59. The molecule has 0 amide bonds. The lowest BCUT2D eigenvalue weighted by Crippen LogP contribution is -2.39. The van der Waals surface area contributed by atoms with E-state index in [1.807, 2.05) is 34.0 Å². The zero-order valence-electron chi connectivity index (χ0n) is 29.7. The van der Waals surface area contributed by atoms with Gasteiger partial charge in [0, 0.05) is 30.6 Å². The van der Waals surface area contributed by atoms with Crippen LogP contribution in [0.5, 0.6) is 0 Å². The number of rotatable bonds is 14. The number of ether oxygens (including phenoxy) is 2. The molecule has 6 rings (SSSR count). The maximum absolute atomic E-state index is 14.4. The molecule has 1 fully saturated rings. The molecule has 1 aliphatic heterocycles. The number of aryl methyl sites for hydroxylation is 2. The molecular formula is C38H52O3S4Si2. The van der Waals surface area contributed by atoms with Crippen LogP contribution in [0.15, 0.2) is 24.3 Å². The second-order valence-corrected chi connectivity index (χ2v) is 30.3. The first-order valence-electron chi connectivity index (χ1n) is 17.8. The number of unbranched alkanes of at least 4 members (excludes halogenated alkanes) is 6. The van der Waals surface area contributed by atoms with Gasteiger partial charge in [-0.3, -0.25) is 4.79 Å². The fourth-order valence-electron chi connectivity index (χ4n) is 7.00. The van der Waals surface area contributed by atoms with Crippen molar-refractivity contribution < 1.29 is 14.3 Å². The first-order valence-corrected chi connectivity index (χ1v) is 28.0. The molecule has 0 atom stereocenters. The number of carbonyl (C=O) groups is 1. The first kappa shape index (κ1) is 35.6. The minimum absolute atomic E-state index is 0.0308. The predicted octanol–water partition coefficient (Wildman–Crippen LogP) is 11.7. The molecular weight excluding hydrogens is 689 g/mol. The second-order valence-electron chi connectivity index (χ2n) is 15.4. The Kier molecular flexibility index (Phi) is 10.8. The second kappa shape index (κ2) is 14.2. The maximum Gasteiger partial charge on any atom is 0.262 e. The van der Waals surface area contributed by atoms with Crippen LogP contribution in [0.1, 0.15) is 92.3 Å². The van der Waals surface area contributed by atoms with Gasteiger partial charge < -0.3 is 9.47 Å². The highest BCUT2D eigenvalue weighted by Gasteiger charge is 2.53. The van der Waals surface area contributed by atoms with Crippen LogP contribution in [-0.4, -0.2) is 35.1 Å². The lowest BCUT2D eigenvalue weighted by Gasteiger charge is -2.29. The minimum Gasteiger partial charge on any atom is -0.337 e. The normalized spacial score (nSPS) is 16.0. The summed E-state index contributed by atoms with van der Waals surface area (Å²) in [7, 11) is -3.02. The molecule has 0 N–H and O–H groups in total. The fourth-order valence-corrected chi connectivity index (χ4v) is 17.0. The van der Waals surface area contributed by atoms with E-state index in [-0.39, 0.29) is 5.78 Å². The molecule has 1 spiro atoms. The highest BCUT2D eigenvalue weighted by atomic mass is 32.1. The summed E-state index contributed by atoms with van der Waals surface area (Å²) in [5, 5.41) is 0. The third-order valence-electron chi connectivity index (χ3n) is 9.33. The molecule has 5 heterocycles. The molecule has 9 heteroatoms. The topological polar surface area (TPSA) is 35.5 Å². The molecule has 4 aromatic rings. The molecule has 1 aliphatic carbocycles. The Morgan fingerprint density at radius 2 is 1.09 bits per heavy atom. The van der Waals surface area contributed by atoms with Crippen LogP contribution in [0.3, 0.4) is 0 Å². The number of carbonyl (C=O) groups excluding carboxylic acids is 1. The van der Waals surface area contributed by atoms with Crippen molar-refractivity contribution in [3.05, 3.63) is 46.5 Å². The Morgan fingerprint density at radius 1 is 0.617 bits per heavy atom. The van der Waals surface area contributed by atoms with Crippen LogP contribution in [-0.2, 0) is 28.1 Å². The summed E-state index contributed by atoms with van der Waals surface area (Å²) in [6.45, 7) is 20.3. The summed E-state index contributed by atoms with van der Waals surface area (Å²) in [5.74, 6) is -1.35. The van der Waals surface area contributed by atoms with Gasteiger partial charge in [-0.25, -0.2) is 0 Å². The summed E-state index contributed by atoms with van der Waals surface area (Å²) in [4.78, 5) is 21.7. The summed E-state index contributed by atoms with van der Waals surface area (Å²) in [6.07, 6.45) is 12.6. The van der Waals surface area contributed by atoms with Crippen LogP contribution in [0.4, 0.5) is 0 Å². The smallest absolute Gasteiger partial charge is 0.262 e. The van der Waals surface area contributed by atoms with Crippen molar-refractivity contribution in [1.29, 1.82) is 0 Å². The van der Waals surface area contributed by atoms with Crippen molar-refractivity contribution in [3.63, 3.8) is 0 Å². The Labute approximate surface area is 300 Å². The lowest BCUT2D eigenvalue weighted by molar-refractivity contribution is -0.126. The van der Waals surface area contributed by atoms with E-state index in [4.69, 9.17) is 9.47 Å². The van der Waals surface area contributed by atoms with Gasteiger partial charge in [0.1, 0.15) is 0 Å². The van der Waals surface area contributed by atoms with Gasteiger partial charge in [-0.1, -0.05) is 91.7 Å². The Hall–Kier alpha value is -1.18. The Balaban J connectivity index is 1.41. The molecule has 0 bridgehead atoms. The summed E-state index contributed by atoms with van der Waals surface area (Å²) in [5.41, 5.74) is 4.77. The molecule has 254 valence electrons. The van der Waals surface area contributed by atoms with Crippen molar-refractivity contribution in [2.45, 2.75) is 123 Å². The largest absolute Gasteiger partial charge is 0.337 e. The molecule has 0 radical (unpaired) electrons. The number of hydrogen-bond acceptors (Lipinski definition) is 7. The number of Topliss-reactive ketones (excluding diaryl/α,β-unsaturated/α-hetero) is 1. The highest BCUT2D eigenvalue weighted by Crippen LogP contribution is 2.56. The van der Waals surface area contributed by atoms with Gasteiger partial charge in [0.15, 0.2) is 0 Å². The van der Waals surface area contributed by atoms with Crippen molar-refractivity contribution >= 4 is 76.3 Å². The van der Waals surface area contributed by atoms with Crippen molar-refractivity contribution in [2.75, 3.05) is 13.2 Å². The molecule has 0 saturated carbocycles.